The highest BCUT2D eigenvalue weighted by Crippen LogP contribution is 2.40. The van der Waals surface area contributed by atoms with Crippen LogP contribution >= 0.6 is 31.9 Å². The van der Waals surface area contributed by atoms with Crippen molar-refractivity contribution in [3.63, 3.8) is 0 Å². The van der Waals surface area contributed by atoms with E-state index in [-0.39, 0.29) is 25.0 Å². The van der Waals surface area contributed by atoms with Crippen molar-refractivity contribution in [2.75, 3.05) is 6.61 Å². The molecule has 2 aromatic rings. The lowest BCUT2D eigenvalue weighted by molar-refractivity contribution is 0.133. The number of alkyl carbamates (subject to hydrolysis) is 1. The van der Waals surface area contributed by atoms with Crippen molar-refractivity contribution < 1.29 is 22.7 Å². The molecule has 9 heteroatoms. The molecule has 1 aromatic heterocycles. The third-order valence-corrected chi connectivity index (χ3v) is 6.19. The number of aromatic nitrogens is 1. The number of pyridine rings is 1. The molecule has 0 saturated carbocycles. The van der Waals surface area contributed by atoms with E-state index in [0.29, 0.717) is 14.8 Å². The molecule has 30 heavy (non-hydrogen) atoms. The maximum absolute atomic E-state index is 14.0. The molecule has 2 atom stereocenters. The Bertz CT molecular complexity index is 959. The van der Waals surface area contributed by atoms with Gasteiger partial charge in [-0.25, -0.2) is 22.9 Å². The zero-order valence-electron chi connectivity index (χ0n) is 16.7. The average Bonchev–Trinajstić information content (AvgIpc) is 2.99. The number of nitrogens with one attached hydrogen (secondary N) is 1. The lowest BCUT2D eigenvalue weighted by Crippen LogP contribution is -2.41. The minimum atomic E-state index is -1.02. The molecule has 1 unspecified atom stereocenters. The van der Waals surface area contributed by atoms with Gasteiger partial charge in [-0.05, 0) is 81.5 Å². The van der Waals surface area contributed by atoms with Crippen LogP contribution in [0.1, 0.15) is 49.1 Å². The third kappa shape index (κ3) is 5.35. The van der Waals surface area contributed by atoms with Crippen molar-refractivity contribution in [2.45, 2.75) is 51.2 Å². The molecule has 1 amide bonds. The Hall–Kier alpha value is -1.61. The smallest absolute Gasteiger partial charge is 0.407 e. The number of hydrogen-bond donors (Lipinski definition) is 1. The van der Waals surface area contributed by atoms with Crippen LogP contribution < -0.4 is 5.32 Å². The van der Waals surface area contributed by atoms with Crippen molar-refractivity contribution in [2.24, 2.45) is 0 Å². The van der Waals surface area contributed by atoms with E-state index < -0.39 is 35.4 Å². The third-order valence-electron chi connectivity index (χ3n) is 4.65. The normalized spacial score (nSPS) is 16.9. The van der Waals surface area contributed by atoms with Gasteiger partial charge in [0.25, 0.3) is 0 Å². The summed E-state index contributed by atoms with van der Waals surface area (Å²) in [7, 11) is 0. The average molecular weight is 550 g/mol. The lowest BCUT2D eigenvalue weighted by atomic mass is 9.94. The molecule has 4 nitrogen and oxygen atoms in total. The predicted molar refractivity (Wildman–Crippen MR) is 114 cm³/mol. The van der Waals surface area contributed by atoms with Crippen LogP contribution in [0.25, 0.3) is 0 Å². The van der Waals surface area contributed by atoms with Gasteiger partial charge in [-0.15, -0.1) is 0 Å². The van der Waals surface area contributed by atoms with E-state index in [4.69, 9.17) is 4.74 Å². The van der Waals surface area contributed by atoms with Gasteiger partial charge < -0.3 is 10.1 Å². The maximum Gasteiger partial charge on any atom is 0.407 e. The summed E-state index contributed by atoms with van der Waals surface area (Å²) in [5.74, 6) is -2.28. The molecule has 0 fully saturated rings. The minimum Gasteiger partial charge on any atom is -0.448 e. The minimum absolute atomic E-state index is 0.208. The molecule has 1 aliphatic rings. The van der Waals surface area contributed by atoms with Crippen LogP contribution in [0.2, 0.25) is 0 Å². The Labute approximate surface area is 189 Å². The van der Waals surface area contributed by atoms with Gasteiger partial charge in [-0.3, -0.25) is 0 Å². The van der Waals surface area contributed by atoms with Crippen LogP contribution in [0, 0.1) is 11.6 Å². The summed E-state index contributed by atoms with van der Waals surface area (Å²) in [6.45, 7) is 5.20. The van der Waals surface area contributed by atoms with Crippen LogP contribution in [-0.2, 0) is 17.6 Å². The van der Waals surface area contributed by atoms with E-state index in [1.807, 2.05) is 0 Å². The SMILES string of the molecule is CC(C)(C)NC(=O)OC[C@@H](c1cc(F)cc(F)c1)c1nc(Br)c2c(c1Br)CC(F)C2. The Kier molecular flexibility index (Phi) is 6.81. The summed E-state index contributed by atoms with van der Waals surface area (Å²) in [4.78, 5) is 16.7. The largest absolute Gasteiger partial charge is 0.448 e. The number of carbonyl (C=O) groups is 1. The fourth-order valence-corrected chi connectivity index (χ4v) is 4.77. The molecular formula is C21H21Br2F3N2O2. The van der Waals surface area contributed by atoms with Crippen molar-refractivity contribution in [1.29, 1.82) is 0 Å². The van der Waals surface area contributed by atoms with Crippen molar-refractivity contribution in [3.8, 4) is 0 Å². The van der Waals surface area contributed by atoms with Crippen molar-refractivity contribution in [1.82, 2.24) is 10.3 Å². The zero-order valence-corrected chi connectivity index (χ0v) is 19.8. The second kappa shape index (κ2) is 8.86. The fraction of sp³-hybridized carbons (Fsp3) is 0.429. The Morgan fingerprint density at radius 2 is 1.80 bits per heavy atom. The Balaban J connectivity index is 2.01. The van der Waals surface area contributed by atoms with Crippen molar-refractivity contribution in [3.05, 3.63) is 61.3 Å². The van der Waals surface area contributed by atoms with Crippen LogP contribution in [0.5, 0.6) is 0 Å². The van der Waals surface area contributed by atoms with Crippen LogP contribution in [0.3, 0.4) is 0 Å². The molecule has 0 bridgehead atoms. The topological polar surface area (TPSA) is 51.2 Å². The quantitative estimate of drug-likeness (QED) is 0.477. The van der Waals surface area contributed by atoms with Gasteiger partial charge in [-0.1, -0.05) is 0 Å². The molecule has 0 spiro atoms. The Morgan fingerprint density at radius 1 is 1.20 bits per heavy atom. The van der Waals surface area contributed by atoms with Gasteiger partial charge in [0.2, 0.25) is 0 Å². The molecule has 0 radical (unpaired) electrons. The first-order valence-electron chi connectivity index (χ1n) is 9.36. The number of nitrogens with zero attached hydrogens (tertiary/aromatic N) is 1. The first kappa shape index (κ1) is 23.1. The number of amides is 1. The van der Waals surface area contributed by atoms with E-state index in [9.17, 15) is 18.0 Å². The molecule has 1 heterocycles. The second-order valence-corrected chi connectivity index (χ2v) is 9.84. The van der Waals surface area contributed by atoms with Gasteiger partial charge in [0.05, 0.1) is 11.6 Å². The zero-order chi connectivity index (χ0) is 22.2. The number of alkyl halides is 1. The summed E-state index contributed by atoms with van der Waals surface area (Å²) in [6, 6.07) is 3.11. The molecule has 162 valence electrons. The maximum atomic E-state index is 14.0. The molecule has 0 saturated heterocycles. The first-order valence-corrected chi connectivity index (χ1v) is 10.9. The fourth-order valence-electron chi connectivity index (χ4n) is 3.41. The van der Waals surface area contributed by atoms with Gasteiger partial charge in [0, 0.05) is 28.9 Å². The van der Waals surface area contributed by atoms with Gasteiger partial charge in [0.1, 0.15) is 29.0 Å². The summed E-state index contributed by atoms with van der Waals surface area (Å²) < 4.78 is 48.2. The number of ether oxygens (including phenoxy) is 1. The number of halogens is 5. The molecule has 3 rings (SSSR count). The second-order valence-electron chi connectivity index (χ2n) is 8.29. The highest BCUT2D eigenvalue weighted by molar-refractivity contribution is 9.11. The van der Waals surface area contributed by atoms with E-state index in [1.165, 1.54) is 12.1 Å². The van der Waals surface area contributed by atoms with Gasteiger partial charge in [0.15, 0.2) is 0 Å². The summed E-state index contributed by atoms with van der Waals surface area (Å²) in [5, 5.41) is 2.67. The number of carbonyl (C=O) groups excluding carboxylic acids is 1. The number of hydrogen-bond acceptors (Lipinski definition) is 3. The summed E-state index contributed by atoms with van der Waals surface area (Å²) in [6.07, 6.45) is -1.24. The van der Waals surface area contributed by atoms with Crippen LogP contribution in [0.15, 0.2) is 27.3 Å². The van der Waals surface area contributed by atoms with Gasteiger partial charge >= 0.3 is 6.09 Å². The molecule has 1 aliphatic carbocycles. The molecule has 1 N–H and O–H groups in total. The van der Waals surface area contributed by atoms with E-state index in [0.717, 1.165) is 17.2 Å². The molecular weight excluding hydrogens is 529 g/mol. The molecule has 0 aliphatic heterocycles. The van der Waals surface area contributed by atoms with Crippen LogP contribution in [0.4, 0.5) is 18.0 Å². The highest BCUT2D eigenvalue weighted by atomic mass is 79.9. The lowest BCUT2D eigenvalue weighted by Gasteiger charge is -2.23. The standard InChI is InChI=1S/C21H21Br2F3N2O2/c1-21(2,3)28-20(29)30-9-16(10-4-11(24)6-12(25)5-10)18-17(22)14-7-13(26)8-15(14)19(23)27-18/h4-6,13,16H,7-9H2,1-3H3,(H,28,29)/t13?,16-/m0/s1. The number of benzene rings is 1. The molecule has 1 aromatic carbocycles. The first-order chi connectivity index (χ1) is 13.9. The van der Waals surface area contributed by atoms with Crippen LogP contribution in [-0.4, -0.2) is 29.4 Å². The number of fused-ring (bicyclic) bond motifs is 1. The summed E-state index contributed by atoms with van der Waals surface area (Å²) >= 11 is 6.87. The Morgan fingerprint density at radius 3 is 2.40 bits per heavy atom. The van der Waals surface area contributed by atoms with Crippen molar-refractivity contribution >= 4 is 38.0 Å². The summed E-state index contributed by atoms with van der Waals surface area (Å²) in [5.41, 5.74) is 1.66. The van der Waals surface area contributed by atoms with Gasteiger partial charge in [-0.2, -0.15) is 0 Å². The highest BCUT2D eigenvalue weighted by Gasteiger charge is 2.31. The van der Waals surface area contributed by atoms with E-state index >= 15 is 0 Å². The van der Waals surface area contributed by atoms with E-state index in [2.05, 4.69) is 42.2 Å². The predicted octanol–water partition coefficient (Wildman–Crippen LogP) is 5.98. The number of rotatable bonds is 4. The van der Waals surface area contributed by atoms with E-state index in [1.54, 1.807) is 20.8 Å². The monoisotopic (exact) mass is 548 g/mol.